The van der Waals surface area contributed by atoms with Crippen molar-refractivity contribution in [2.24, 2.45) is 0 Å². The SMILES string of the molecule is O=c1c2cc3c(=O)n(C4CCCC4)ccc3nc2ccn1-c1ccn[nH]1. The Morgan fingerprint density at radius 2 is 1.69 bits per heavy atom. The average Bonchev–Trinajstić information content (AvgIpc) is 3.35. The molecule has 0 atom stereocenters. The molecule has 0 saturated heterocycles. The van der Waals surface area contributed by atoms with Gasteiger partial charge in [0.15, 0.2) is 0 Å². The van der Waals surface area contributed by atoms with Gasteiger partial charge in [0.1, 0.15) is 5.82 Å². The van der Waals surface area contributed by atoms with Crippen LogP contribution < -0.4 is 11.1 Å². The third-order valence-corrected chi connectivity index (χ3v) is 5.23. The summed E-state index contributed by atoms with van der Waals surface area (Å²) in [4.78, 5) is 30.4. The van der Waals surface area contributed by atoms with Crippen LogP contribution in [0.3, 0.4) is 0 Å². The number of nitrogens with one attached hydrogen (secondary N) is 1. The van der Waals surface area contributed by atoms with Gasteiger partial charge in [0.25, 0.3) is 11.1 Å². The molecule has 7 heteroatoms. The fraction of sp³-hybridized carbons (Fsp3) is 0.263. The molecule has 0 aromatic carbocycles. The molecular formula is C19H17N5O2. The minimum atomic E-state index is -0.225. The van der Waals surface area contributed by atoms with Crippen molar-refractivity contribution in [3.05, 3.63) is 63.6 Å². The van der Waals surface area contributed by atoms with Crippen LogP contribution in [0.2, 0.25) is 0 Å². The maximum Gasteiger partial charge on any atom is 0.265 e. The fourth-order valence-electron chi connectivity index (χ4n) is 3.88. The Hall–Kier alpha value is -3.22. The molecule has 0 bridgehead atoms. The average molecular weight is 347 g/mol. The number of rotatable bonds is 2. The first-order valence-electron chi connectivity index (χ1n) is 8.79. The third-order valence-electron chi connectivity index (χ3n) is 5.23. The summed E-state index contributed by atoms with van der Waals surface area (Å²) in [5.41, 5.74) is 0.906. The summed E-state index contributed by atoms with van der Waals surface area (Å²) in [7, 11) is 0. The molecule has 0 amide bonds. The lowest BCUT2D eigenvalue weighted by Gasteiger charge is -2.14. The van der Waals surface area contributed by atoms with E-state index in [-0.39, 0.29) is 17.2 Å². The Kier molecular flexibility index (Phi) is 3.28. The highest BCUT2D eigenvalue weighted by molar-refractivity contribution is 5.91. The quantitative estimate of drug-likeness (QED) is 0.565. The van der Waals surface area contributed by atoms with Gasteiger partial charge in [0.2, 0.25) is 0 Å². The van der Waals surface area contributed by atoms with Crippen LogP contribution in [-0.4, -0.2) is 24.3 Å². The van der Waals surface area contributed by atoms with Crippen molar-refractivity contribution in [3.8, 4) is 5.82 Å². The number of H-pyrrole nitrogens is 1. The van der Waals surface area contributed by atoms with Crippen molar-refractivity contribution in [2.45, 2.75) is 31.7 Å². The van der Waals surface area contributed by atoms with E-state index in [2.05, 4.69) is 15.2 Å². The monoisotopic (exact) mass is 347 g/mol. The summed E-state index contributed by atoms with van der Waals surface area (Å²) in [6.45, 7) is 0. The number of aromatic amines is 1. The van der Waals surface area contributed by atoms with Crippen LogP contribution in [0.4, 0.5) is 0 Å². The second kappa shape index (κ2) is 5.66. The molecule has 26 heavy (non-hydrogen) atoms. The zero-order valence-electron chi connectivity index (χ0n) is 14.1. The molecule has 1 aliphatic carbocycles. The van der Waals surface area contributed by atoms with E-state index in [1.807, 2.05) is 12.3 Å². The first-order chi connectivity index (χ1) is 12.7. The molecule has 4 aromatic rings. The molecule has 0 radical (unpaired) electrons. The molecule has 1 N–H and O–H groups in total. The lowest BCUT2D eigenvalue weighted by molar-refractivity contribution is 0.505. The van der Waals surface area contributed by atoms with Crippen molar-refractivity contribution >= 4 is 21.8 Å². The zero-order chi connectivity index (χ0) is 17.7. The minimum absolute atomic E-state index is 0.0693. The zero-order valence-corrected chi connectivity index (χ0v) is 14.1. The van der Waals surface area contributed by atoms with Gasteiger partial charge in [0.05, 0.1) is 28.0 Å². The maximum atomic E-state index is 13.0. The minimum Gasteiger partial charge on any atom is -0.312 e. The molecule has 7 nitrogen and oxygen atoms in total. The standard InChI is InChI=1S/C19H17N5O2/c25-18-13-11-14-16(7-10-24(19(14)26)17-5-8-20-22-17)21-15(13)6-9-23(18)12-3-1-2-4-12/h5-12H,1-4H2,(H,20,22). The van der Waals surface area contributed by atoms with E-state index in [1.54, 1.807) is 35.2 Å². The van der Waals surface area contributed by atoms with Gasteiger partial charge in [-0.15, -0.1) is 0 Å². The number of fused-ring (bicyclic) bond motifs is 2. The Balaban J connectivity index is 1.78. The van der Waals surface area contributed by atoms with Crippen molar-refractivity contribution in [3.63, 3.8) is 0 Å². The first kappa shape index (κ1) is 15.1. The van der Waals surface area contributed by atoms with Gasteiger partial charge in [0, 0.05) is 24.5 Å². The molecule has 130 valence electrons. The molecule has 0 spiro atoms. The Labute approximate surface area is 147 Å². The van der Waals surface area contributed by atoms with Crippen LogP contribution in [0.5, 0.6) is 0 Å². The predicted molar refractivity (Wildman–Crippen MR) is 98.8 cm³/mol. The van der Waals surface area contributed by atoms with Crippen LogP contribution in [-0.2, 0) is 0 Å². The maximum absolute atomic E-state index is 13.0. The van der Waals surface area contributed by atoms with E-state index in [4.69, 9.17) is 0 Å². The number of pyridine rings is 3. The van der Waals surface area contributed by atoms with E-state index in [9.17, 15) is 9.59 Å². The molecule has 0 aliphatic heterocycles. The summed E-state index contributed by atoms with van der Waals surface area (Å²) < 4.78 is 3.28. The molecule has 4 aromatic heterocycles. The molecular weight excluding hydrogens is 330 g/mol. The van der Waals surface area contributed by atoms with Gasteiger partial charge >= 0.3 is 0 Å². The van der Waals surface area contributed by atoms with Gasteiger partial charge in [-0.05, 0) is 31.0 Å². The number of nitrogens with zero attached hydrogens (tertiary/aromatic N) is 4. The van der Waals surface area contributed by atoms with Gasteiger partial charge in [-0.1, -0.05) is 12.8 Å². The largest absolute Gasteiger partial charge is 0.312 e. The number of hydrogen-bond acceptors (Lipinski definition) is 4. The molecule has 5 rings (SSSR count). The first-order valence-corrected chi connectivity index (χ1v) is 8.79. The van der Waals surface area contributed by atoms with Crippen LogP contribution in [0.15, 0.2) is 52.4 Å². The lowest BCUT2D eigenvalue weighted by Crippen LogP contribution is -2.24. The second-order valence-electron chi connectivity index (χ2n) is 6.75. The van der Waals surface area contributed by atoms with Gasteiger partial charge in [-0.3, -0.25) is 19.3 Å². The third kappa shape index (κ3) is 2.20. The van der Waals surface area contributed by atoms with E-state index in [0.717, 1.165) is 25.7 Å². The summed E-state index contributed by atoms with van der Waals surface area (Å²) >= 11 is 0. The molecule has 1 saturated carbocycles. The van der Waals surface area contributed by atoms with Crippen LogP contribution in [0, 0.1) is 0 Å². The summed E-state index contributed by atoms with van der Waals surface area (Å²) in [6, 6.07) is 7.30. The van der Waals surface area contributed by atoms with Crippen LogP contribution in [0.1, 0.15) is 31.7 Å². The lowest BCUT2D eigenvalue weighted by atomic mass is 10.1. The molecule has 4 heterocycles. The van der Waals surface area contributed by atoms with Crippen LogP contribution in [0.25, 0.3) is 27.6 Å². The molecule has 1 fully saturated rings. The van der Waals surface area contributed by atoms with Gasteiger partial charge < -0.3 is 4.57 Å². The van der Waals surface area contributed by atoms with Crippen molar-refractivity contribution < 1.29 is 0 Å². The predicted octanol–water partition coefficient (Wildman–Crippen LogP) is 2.54. The summed E-state index contributed by atoms with van der Waals surface area (Å²) in [5.74, 6) is 0.577. The molecule has 0 unspecified atom stereocenters. The highest BCUT2D eigenvalue weighted by Gasteiger charge is 2.19. The molecule has 1 aliphatic rings. The Morgan fingerprint density at radius 1 is 0.962 bits per heavy atom. The van der Waals surface area contributed by atoms with E-state index in [1.165, 1.54) is 4.57 Å². The highest BCUT2D eigenvalue weighted by Crippen LogP contribution is 2.28. The van der Waals surface area contributed by atoms with Crippen molar-refractivity contribution in [1.29, 1.82) is 0 Å². The Morgan fingerprint density at radius 3 is 2.42 bits per heavy atom. The van der Waals surface area contributed by atoms with Gasteiger partial charge in [-0.2, -0.15) is 5.10 Å². The van der Waals surface area contributed by atoms with E-state index < -0.39 is 0 Å². The smallest absolute Gasteiger partial charge is 0.265 e. The highest BCUT2D eigenvalue weighted by atomic mass is 16.1. The van der Waals surface area contributed by atoms with E-state index >= 15 is 0 Å². The fourth-order valence-corrected chi connectivity index (χ4v) is 3.88. The topological polar surface area (TPSA) is 85.6 Å². The van der Waals surface area contributed by atoms with Gasteiger partial charge in [-0.25, -0.2) is 4.98 Å². The summed E-state index contributed by atoms with van der Waals surface area (Å²) in [5, 5.41) is 7.58. The van der Waals surface area contributed by atoms with Crippen LogP contribution >= 0.6 is 0 Å². The summed E-state index contributed by atoms with van der Waals surface area (Å²) in [6.07, 6.45) is 9.45. The second-order valence-corrected chi connectivity index (χ2v) is 6.75. The number of hydrogen-bond donors (Lipinski definition) is 1. The van der Waals surface area contributed by atoms with E-state index in [0.29, 0.717) is 27.6 Å². The number of aromatic nitrogens is 5. The van der Waals surface area contributed by atoms with Crippen molar-refractivity contribution in [1.82, 2.24) is 24.3 Å². The van der Waals surface area contributed by atoms with Crippen molar-refractivity contribution in [2.75, 3.05) is 0 Å². The Bertz CT molecular complexity index is 1230. The normalized spacial score (nSPS) is 15.2.